The van der Waals surface area contributed by atoms with Crippen molar-refractivity contribution in [1.82, 2.24) is 0 Å². The van der Waals surface area contributed by atoms with E-state index in [2.05, 4.69) is 45.9 Å². The van der Waals surface area contributed by atoms with E-state index in [1.165, 1.54) is 38.5 Å². The molecule has 0 N–H and O–H groups in total. The summed E-state index contributed by atoms with van der Waals surface area (Å²) in [4.78, 5) is 0. The van der Waals surface area contributed by atoms with Gasteiger partial charge in [0, 0.05) is 0 Å². The SMILES string of the molecule is CC1=C(C)C[C]([Ti]([C]2=C(C)C=CC2C)=[C]2CCCCC2)=C1.Cl.Cl. The molecule has 3 aliphatic rings. The van der Waals surface area contributed by atoms with Crippen molar-refractivity contribution >= 4 is 28.6 Å². The topological polar surface area (TPSA) is 0 Å². The molecule has 0 spiro atoms. The molecule has 0 aromatic carbocycles. The summed E-state index contributed by atoms with van der Waals surface area (Å²) in [5.74, 6) is 0.691. The van der Waals surface area contributed by atoms with Gasteiger partial charge < -0.3 is 0 Å². The fraction of sp³-hybridized carbons (Fsp3) is 0.550. The van der Waals surface area contributed by atoms with Crippen LogP contribution in [0.15, 0.2) is 42.7 Å². The van der Waals surface area contributed by atoms with E-state index in [-0.39, 0.29) is 24.8 Å². The molecule has 0 nitrogen and oxygen atoms in total. The van der Waals surface area contributed by atoms with Crippen molar-refractivity contribution in [2.45, 2.75) is 66.2 Å². The van der Waals surface area contributed by atoms with E-state index in [1.807, 2.05) is 11.6 Å². The standard InChI is InChI=1S/2C7H9.C6H10.2ClH.Ti/c1-6-3-4-7(2)5-6;1-6-4-3-5-7(6)2;1-2-4-6-5-3-1;;;/h3-4,6H,1-2H3;4H,5H2,1-2H3;1-5H2;2*1H;. The summed E-state index contributed by atoms with van der Waals surface area (Å²) in [6.07, 6.45) is 15.9. The van der Waals surface area contributed by atoms with Crippen LogP contribution in [0.25, 0.3) is 0 Å². The largest absolute Gasteiger partial charge is 0.147 e. The molecular weight excluding hydrogens is 359 g/mol. The molecule has 3 aliphatic carbocycles. The minimum absolute atomic E-state index is 0. The maximum Gasteiger partial charge on any atom is -0.147 e. The first kappa shape index (κ1) is 21.2. The molecule has 1 fully saturated rings. The third-order valence-corrected chi connectivity index (χ3v) is 11.0. The molecule has 0 heterocycles. The molecular formula is C20H30Cl2Ti. The third kappa shape index (κ3) is 4.40. The van der Waals surface area contributed by atoms with Crippen LogP contribution in [0.1, 0.15) is 66.2 Å². The Bertz CT molecular complexity index is 610. The first-order chi connectivity index (χ1) is 10.1. The van der Waals surface area contributed by atoms with Crippen LogP contribution in [0.5, 0.6) is 0 Å². The fourth-order valence-electron chi connectivity index (χ4n) is 4.10. The Morgan fingerprint density at radius 1 is 0.957 bits per heavy atom. The molecule has 1 saturated carbocycles. The van der Waals surface area contributed by atoms with Gasteiger partial charge in [-0.25, -0.2) is 0 Å². The maximum atomic E-state index is 2.57. The molecule has 0 bridgehead atoms. The molecule has 0 radical (unpaired) electrons. The molecule has 1 unspecified atom stereocenters. The minimum atomic E-state index is -1.40. The van der Waals surface area contributed by atoms with Gasteiger partial charge in [0.1, 0.15) is 0 Å². The van der Waals surface area contributed by atoms with Crippen LogP contribution in [0.4, 0.5) is 0 Å². The molecule has 1 atom stereocenters. The van der Waals surface area contributed by atoms with Crippen LogP contribution in [0.2, 0.25) is 0 Å². The van der Waals surface area contributed by atoms with Gasteiger partial charge in [-0.2, -0.15) is 0 Å². The van der Waals surface area contributed by atoms with E-state index >= 15 is 0 Å². The zero-order valence-corrected chi connectivity index (χ0v) is 18.1. The smallest absolute Gasteiger partial charge is 0.147 e. The molecule has 3 rings (SSSR count). The van der Waals surface area contributed by atoms with Gasteiger partial charge in [-0.05, 0) is 0 Å². The minimum Gasteiger partial charge on any atom is -0.147 e. The molecule has 0 amide bonds. The van der Waals surface area contributed by atoms with Crippen LogP contribution in [0.3, 0.4) is 0 Å². The van der Waals surface area contributed by atoms with Gasteiger partial charge in [0.05, 0.1) is 0 Å². The summed E-state index contributed by atoms with van der Waals surface area (Å²) in [7, 11) is 0. The molecule has 3 heteroatoms. The molecule has 23 heavy (non-hydrogen) atoms. The first-order valence-electron chi connectivity index (χ1n) is 8.56. The van der Waals surface area contributed by atoms with Crippen LogP contribution in [0, 0.1) is 5.92 Å². The molecule has 0 saturated heterocycles. The number of allylic oxidation sites excluding steroid dienone is 8. The summed E-state index contributed by atoms with van der Waals surface area (Å²) in [6, 6.07) is 0. The first-order valence-corrected chi connectivity index (χ1v) is 10.9. The number of hydrogen-bond acceptors (Lipinski definition) is 0. The van der Waals surface area contributed by atoms with Crippen LogP contribution < -0.4 is 0 Å². The normalized spacial score (nSPS) is 23.7. The van der Waals surface area contributed by atoms with Gasteiger partial charge in [-0.15, -0.1) is 24.8 Å². The monoisotopic (exact) mass is 388 g/mol. The summed E-state index contributed by atoms with van der Waals surface area (Å²) in [5.41, 5.74) is 4.75. The summed E-state index contributed by atoms with van der Waals surface area (Å²) >= 11 is -1.40. The van der Waals surface area contributed by atoms with Crippen molar-refractivity contribution in [3.63, 3.8) is 0 Å². The summed E-state index contributed by atoms with van der Waals surface area (Å²) in [5, 5.41) is 0. The Morgan fingerprint density at radius 2 is 1.61 bits per heavy atom. The van der Waals surface area contributed by atoms with Gasteiger partial charge in [0.2, 0.25) is 0 Å². The Balaban J connectivity index is 0.00000132. The zero-order valence-electron chi connectivity index (χ0n) is 14.9. The Morgan fingerprint density at radius 3 is 2.09 bits per heavy atom. The van der Waals surface area contributed by atoms with Crippen molar-refractivity contribution in [1.29, 1.82) is 0 Å². The summed E-state index contributed by atoms with van der Waals surface area (Å²) < 4.78 is 5.69. The van der Waals surface area contributed by atoms with Crippen LogP contribution >= 0.6 is 24.8 Å². The van der Waals surface area contributed by atoms with E-state index in [0.29, 0.717) is 5.92 Å². The van der Waals surface area contributed by atoms with E-state index in [0.717, 1.165) is 0 Å². The van der Waals surface area contributed by atoms with E-state index in [9.17, 15) is 0 Å². The number of hydrogen-bond donors (Lipinski definition) is 0. The molecule has 128 valence electrons. The maximum absolute atomic E-state index is 2.57. The van der Waals surface area contributed by atoms with Gasteiger partial charge >= 0.3 is 136 Å². The fourth-order valence-corrected chi connectivity index (χ4v) is 10.1. The van der Waals surface area contributed by atoms with Crippen molar-refractivity contribution in [2.24, 2.45) is 5.92 Å². The van der Waals surface area contributed by atoms with Crippen molar-refractivity contribution < 1.29 is 17.4 Å². The van der Waals surface area contributed by atoms with Crippen molar-refractivity contribution in [2.75, 3.05) is 0 Å². The summed E-state index contributed by atoms with van der Waals surface area (Å²) in [6.45, 7) is 9.41. The van der Waals surface area contributed by atoms with Crippen molar-refractivity contribution in [3.8, 4) is 0 Å². The van der Waals surface area contributed by atoms with E-state index in [4.69, 9.17) is 0 Å². The average molecular weight is 389 g/mol. The second-order valence-electron chi connectivity index (χ2n) is 7.09. The molecule has 0 aliphatic heterocycles. The van der Waals surface area contributed by atoms with Gasteiger partial charge in [0.15, 0.2) is 0 Å². The van der Waals surface area contributed by atoms with Crippen LogP contribution in [-0.4, -0.2) is 3.81 Å². The predicted octanol–water partition coefficient (Wildman–Crippen LogP) is 6.69. The third-order valence-electron chi connectivity index (χ3n) is 5.44. The van der Waals surface area contributed by atoms with Gasteiger partial charge in [0.25, 0.3) is 0 Å². The second-order valence-corrected chi connectivity index (χ2v) is 11.2. The Labute approximate surface area is 160 Å². The van der Waals surface area contributed by atoms with Gasteiger partial charge in [-0.1, -0.05) is 0 Å². The van der Waals surface area contributed by atoms with Crippen molar-refractivity contribution in [3.05, 3.63) is 42.7 Å². The Hall–Kier alpha value is 0.124. The zero-order chi connectivity index (χ0) is 15.0. The average Bonchev–Trinajstić information content (AvgIpc) is 2.97. The molecule has 0 aromatic rings. The Kier molecular flexibility index (Phi) is 8.28. The second kappa shape index (κ2) is 9.00. The molecule has 0 aromatic heterocycles. The number of rotatable bonds is 2. The number of halogens is 2. The van der Waals surface area contributed by atoms with E-state index in [1.54, 1.807) is 16.7 Å². The van der Waals surface area contributed by atoms with Crippen LogP contribution in [-0.2, 0) is 17.4 Å². The quantitative estimate of drug-likeness (QED) is 0.462. The van der Waals surface area contributed by atoms with Gasteiger partial charge in [-0.3, -0.25) is 0 Å². The predicted molar refractivity (Wildman–Crippen MR) is 105 cm³/mol. The van der Waals surface area contributed by atoms with E-state index < -0.39 is 17.4 Å².